The van der Waals surface area contributed by atoms with Gasteiger partial charge in [0.2, 0.25) is 0 Å². The number of nitrogens with one attached hydrogen (secondary N) is 1. The van der Waals surface area contributed by atoms with E-state index in [4.69, 9.17) is 0 Å². The molecule has 118 valence electrons. The van der Waals surface area contributed by atoms with Gasteiger partial charge >= 0.3 is 6.61 Å². The van der Waals surface area contributed by atoms with E-state index in [1.54, 1.807) is 19.1 Å². The average Bonchev–Trinajstić information content (AvgIpc) is 2.42. The van der Waals surface area contributed by atoms with Crippen molar-refractivity contribution in [2.75, 3.05) is 4.72 Å². The van der Waals surface area contributed by atoms with E-state index in [-0.39, 0.29) is 4.90 Å². The van der Waals surface area contributed by atoms with Gasteiger partial charge in [-0.2, -0.15) is 8.78 Å². The predicted octanol–water partition coefficient (Wildman–Crippen LogP) is 3.54. The summed E-state index contributed by atoms with van der Waals surface area (Å²) in [6, 6.07) is 9.07. The van der Waals surface area contributed by atoms with Crippen molar-refractivity contribution in [1.82, 2.24) is 0 Å². The van der Waals surface area contributed by atoms with Gasteiger partial charge in [0.05, 0.1) is 10.6 Å². The maximum atomic E-state index is 13.5. The second kappa shape index (κ2) is 6.27. The minimum atomic E-state index is -4.05. The molecule has 0 aliphatic rings. The molecule has 0 amide bonds. The maximum absolute atomic E-state index is 13.5. The van der Waals surface area contributed by atoms with Crippen molar-refractivity contribution in [2.45, 2.75) is 18.4 Å². The number of halogens is 3. The molecule has 0 radical (unpaired) electrons. The van der Waals surface area contributed by atoms with Gasteiger partial charge in [-0.15, -0.1) is 0 Å². The Hall–Kier alpha value is -2.22. The second-order valence-corrected chi connectivity index (χ2v) is 6.10. The van der Waals surface area contributed by atoms with Gasteiger partial charge in [-0.05, 0) is 31.2 Å². The molecule has 0 atom stereocenters. The fourth-order valence-corrected chi connectivity index (χ4v) is 2.78. The molecule has 0 heterocycles. The molecule has 0 aromatic heterocycles. The quantitative estimate of drug-likeness (QED) is 0.912. The van der Waals surface area contributed by atoms with Crippen LogP contribution in [-0.2, 0) is 10.0 Å². The van der Waals surface area contributed by atoms with Gasteiger partial charge in [0.25, 0.3) is 10.0 Å². The first kappa shape index (κ1) is 16.2. The third-order valence-electron chi connectivity index (χ3n) is 2.75. The number of benzene rings is 2. The number of hydrogen-bond acceptors (Lipinski definition) is 3. The van der Waals surface area contributed by atoms with Gasteiger partial charge in [-0.3, -0.25) is 4.72 Å². The summed E-state index contributed by atoms with van der Waals surface area (Å²) in [6.07, 6.45) is 0. The highest BCUT2D eigenvalue weighted by molar-refractivity contribution is 7.92. The van der Waals surface area contributed by atoms with Crippen LogP contribution in [0.1, 0.15) is 5.56 Å². The normalized spacial score (nSPS) is 11.5. The van der Waals surface area contributed by atoms with Crippen molar-refractivity contribution >= 4 is 15.7 Å². The number of sulfonamides is 1. The molecule has 22 heavy (non-hydrogen) atoms. The molecule has 4 nitrogen and oxygen atoms in total. The van der Waals surface area contributed by atoms with Crippen LogP contribution < -0.4 is 9.46 Å². The first-order valence-electron chi connectivity index (χ1n) is 6.12. The zero-order valence-corrected chi connectivity index (χ0v) is 12.2. The SMILES string of the molecule is Cc1ccc(S(=O)(=O)Nc2cccc(F)c2OC(F)F)cc1. The summed E-state index contributed by atoms with van der Waals surface area (Å²) in [5.41, 5.74) is 0.451. The molecule has 1 N–H and O–H groups in total. The van der Waals surface area contributed by atoms with Crippen LogP contribution in [0, 0.1) is 12.7 Å². The number of ether oxygens (including phenoxy) is 1. The molecule has 0 unspecified atom stereocenters. The molecule has 0 saturated carbocycles. The fourth-order valence-electron chi connectivity index (χ4n) is 1.72. The summed E-state index contributed by atoms with van der Waals surface area (Å²) >= 11 is 0. The van der Waals surface area contributed by atoms with E-state index in [2.05, 4.69) is 4.74 Å². The minimum absolute atomic E-state index is 0.0784. The molecule has 2 aromatic carbocycles. The van der Waals surface area contributed by atoms with Crippen molar-refractivity contribution in [3.63, 3.8) is 0 Å². The van der Waals surface area contributed by atoms with E-state index in [0.29, 0.717) is 0 Å². The third-order valence-corrected chi connectivity index (χ3v) is 4.13. The van der Waals surface area contributed by atoms with Crippen LogP contribution in [0.3, 0.4) is 0 Å². The van der Waals surface area contributed by atoms with E-state index in [1.165, 1.54) is 18.2 Å². The van der Waals surface area contributed by atoms with Crippen molar-refractivity contribution in [3.05, 3.63) is 53.8 Å². The molecule has 2 aromatic rings. The standard InChI is InChI=1S/C14H12F3NO3S/c1-9-5-7-10(8-6-9)22(19,20)18-12-4-2-3-11(15)13(12)21-14(16)17/h2-8,14,18H,1H3. The molecule has 2 rings (SSSR count). The van der Waals surface area contributed by atoms with Crippen molar-refractivity contribution in [1.29, 1.82) is 0 Å². The number of para-hydroxylation sites is 1. The van der Waals surface area contributed by atoms with Crippen molar-refractivity contribution in [3.8, 4) is 5.75 Å². The Balaban J connectivity index is 2.37. The Labute approximate surface area is 125 Å². The summed E-state index contributed by atoms with van der Waals surface area (Å²) in [5.74, 6) is -1.95. The fraction of sp³-hybridized carbons (Fsp3) is 0.143. The monoisotopic (exact) mass is 331 g/mol. The van der Waals surface area contributed by atoms with Gasteiger partial charge in [0.15, 0.2) is 11.6 Å². The Morgan fingerprint density at radius 1 is 1.09 bits per heavy atom. The van der Waals surface area contributed by atoms with Crippen LogP contribution in [0.4, 0.5) is 18.9 Å². The van der Waals surface area contributed by atoms with Crippen LogP contribution in [0.25, 0.3) is 0 Å². The predicted molar refractivity (Wildman–Crippen MR) is 75.0 cm³/mol. The third kappa shape index (κ3) is 3.70. The highest BCUT2D eigenvalue weighted by Gasteiger charge is 2.20. The Morgan fingerprint density at radius 3 is 2.32 bits per heavy atom. The number of hydrogen-bond donors (Lipinski definition) is 1. The summed E-state index contributed by atoms with van der Waals surface area (Å²) in [7, 11) is -4.05. The van der Waals surface area contributed by atoms with E-state index in [9.17, 15) is 21.6 Å². The number of alkyl halides is 2. The van der Waals surface area contributed by atoms with Gasteiger partial charge in [0, 0.05) is 0 Å². The van der Waals surface area contributed by atoms with Crippen LogP contribution in [0.5, 0.6) is 5.75 Å². The lowest BCUT2D eigenvalue weighted by Gasteiger charge is -2.13. The van der Waals surface area contributed by atoms with E-state index in [1.807, 2.05) is 4.72 Å². The van der Waals surface area contributed by atoms with Crippen molar-refractivity contribution in [2.24, 2.45) is 0 Å². The average molecular weight is 331 g/mol. The lowest BCUT2D eigenvalue weighted by atomic mass is 10.2. The second-order valence-electron chi connectivity index (χ2n) is 4.41. The lowest BCUT2D eigenvalue weighted by molar-refractivity contribution is -0.0516. The number of anilines is 1. The van der Waals surface area contributed by atoms with Gasteiger partial charge in [0.1, 0.15) is 0 Å². The Morgan fingerprint density at radius 2 is 1.73 bits per heavy atom. The summed E-state index contributed by atoms with van der Waals surface area (Å²) in [4.78, 5) is -0.0784. The lowest BCUT2D eigenvalue weighted by Crippen LogP contribution is -2.15. The van der Waals surface area contributed by atoms with Gasteiger partial charge < -0.3 is 4.74 Å². The molecule has 0 saturated heterocycles. The van der Waals surface area contributed by atoms with Crippen LogP contribution in [0.2, 0.25) is 0 Å². The zero-order chi connectivity index (χ0) is 16.3. The molecule has 0 aliphatic carbocycles. The topological polar surface area (TPSA) is 55.4 Å². The van der Waals surface area contributed by atoms with Gasteiger partial charge in [-0.25, -0.2) is 12.8 Å². The van der Waals surface area contributed by atoms with Crippen molar-refractivity contribution < 1.29 is 26.3 Å². The van der Waals surface area contributed by atoms with Crippen LogP contribution >= 0.6 is 0 Å². The summed E-state index contributed by atoms with van der Waals surface area (Å²) < 4.78 is 68.6. The highest BCUT2D eigenvalue weighted by Crippen LogP contribution is 2.31. The summed E-state index contributed by atoms with van der Waals surface area (Å²) in [5, 5.41) is 0. The Bertz CT molecular complexity index is 761. The molecular weight excluding hydrogens is 319 g/mol. The maximum Gasteiger partial charge on any atom is 0.387 e. The van der Waals surface area contributed by atoms with Gasteiger partial charge in [-0.1, -0.05) is 23.8 Å². The molecule has 0 fully saturated rings. The molecule has 0 bridgehead atoms. The molecule has 8 heteroatoms. The smallest absolute Gasteiger partial charge is 0.387 e. The van der Waals surface area contributed by atoms with Crippen LogP contribution in [0.15, 0.2) is 47.4 Å². The first-order valence-corrected chi connectivity index (χ1v) is 7.61. The largest absolute Gasteiger partial charge is 0.429 e. The molecule has 0 aliphatic heterocycles. The Kier molecular flexibility index (Phi) is 4.60. The van der Waals surface area contributed by atoms with E-state index in [0.717, 1.165) is 17.7 Å². The molecular formula is C14H12F3NO3S. The van der Waals surface area contributed by atoms with E-state index >= 15 is 0 Å². The highest BCUT2D eigenvalue weighted by atomic mass is 32.2. The zero-order valence-electron chi connectivity index (χ0n) is 11.4. The number of aryl methyl sites for hydroxylation is 1. The molecule has 0 spiro atoms. The van der Waals surface area contributed by atoms with Crippen LogP contribution in [-0.4, -0.2) is 15.0 Å². The van der Waals surface area contributed by atoms with E-state index < -0.39 is 33.9 Å². The summed E-state index contributed by atoms with van der Waals surface area (Å²) in [6.45, 7) is -1.50. The number of rotatable bonds is 5. The minimum Gasteiger partial charge on any atom is -0.429 e. The first-order chi connectivity index (χ1) is 10.3.